The number of rotatable bonds is 9. The van der Waals surface area contributed by atoms with Gasteiger partial charge in [-0.15, -0.1) is 0 Å². The lowest BCUT2D eigenvalue weighted by molar-refractivity contribution is -0.141. The molecule has 0 aliphatic carbocycles. The highest BCUT2D eigenvalue weighted by molar-refractivity contribution is 5.92. The maximum Gasteiger partial charge on any atom is 0.410 e. The van der Waals surface area contributed by atoms with Gasteiger partial charge in [0.2, 0.25) is 11.8 Å². The smallest absolute Gasteiger partial charge is 0.410 e. The van der Waals surface area contributed by atoms with Gasteiger partial charge in [-0.25, -0.2) is 4.79 Å². The van der Waals surface area contributed by atoms with Gasteiger partial charge in [-0.1, -0.05) is 44.2 Å². The molecule has 2 atom stereocenters. The van der Waals surface area contributed by atoms with E-state index in [0.717, 1.165) is 18.4 Å². The van der Waals surface area contributed by atoms with Crippen molar-refractivity contribution in [3.05, 3.63) is 35.9 Å². The minimum absolute atomic E-state index is 0.121. The average Bonchev–Trinajstić information content (AvgIpc) is 2.80. The number of ether oxygens (including phenoxy) is 2. The third-order valence-electron chi connectivity index (χ3n) is 5.22. The lowest BCUT2D eigenvalue weighted by Crippen LogP contribution is -2.56. The van der Waals surface area contributed by atoms with Crippen molar-refractivity contribution in [3.8, 4) is 0 Å². The van der Waals surface area contributed by atoms with Crippen LogP contribution in [0.25, 0.3) is 0 Å². The molecule has 2 N–H and O–H groups in total. The van der Waals surface area contributed by atoms with Crippen LogP contribution in [0.5, 0.6) is 0 Å². The Hall–Kier alpha value is -3.10. The molecule has 176 valence electrons. The van der Waals surface area contributed by atoms with Crippen LogP contribution in [0.2, 0.25) is 0 Å². The van der Waals surface area contributed by atoms with E-state index >= 15 is 0 Å². The van der Waals surface area contributed by atoms with E-state index in [4.69, 9.17) is 4.74 Å². The minimum atomic E-state index is -0.823. The van der Waals surface area contributed by atoms with E-state index in [1.54, 1.807) is 0 Å². The van der Waals surface area contributed by atoms with Crippen molar-refractivity contribution in [1.82, 2.24) is 15.5 Å². The van der Waals surface area contributed by atoms with Gasteiger partial charge in [0.25, 0.3) is 0 Å². The van der Waals surface area contributed by atoms with Gasteiger partial charge in [-0.2, -0.15) is 0 Å². The molecular formula is C23H33N3O6. The Morgan fingerprint density at radius 2 is 1.84 bits per heavy atom. The standard InChI is InChI=1S/C23H33N3O6/c1-16(2)13-18(21(28)24-14-20(27)31-3)25-22(29)19-11-7-8-12-26(19)23(30)32-15-17-9-5-4-6-10-17/h4-6,9-10,16,18-19H,7-8,11-15H2,1-3H3,(H,24,28)(H,25,29)/t18-,19+/m0/s1. The third-order valence-corrected chi connectivity index (χ3v) is 5.22. The summed E-state index contributed by atoms with van der Waals surface area (Å²) in [7, 11) is 1.23. The first-order chi connectivity index (χ1) is 15.3. The maximum absolute atomic E-state index is 13.0. The highest BCUT2D eigenvalue weighted by atomic mass is 16.6. The van der Waals surface area contributed by atoms with E-state index in [0.29, 0.717) is 19.4 Å². The summed E-state index contributed by atoms with van der Waals surface area (Å²) in [6.07, 6.45) is 1.90. The van der Waals surface area contributed by atoms with Crippen molar-refractivity contribution < 1.29 is 28.7 Å². The molecule has 0 saturated carbocycles. The number of nitrogens with zero attached hydrogens (tertiary/aromatic N) is 1. The molecule has 2 rings (SSSR count). The molecule has 9 nitrogen and oxygen atoms in total. The lowest BCUT2D eigenvalue weighted by atomic mass is 9.99. The van der Waals surface area contributed by atoms with Crippen LogP contribution in [0.4, 0.5) is 4.79 Å². The number of carbonyl (C=O) groups excluding carboxylic acids is 4. The van der Waals surface area contributed by atoms with Crippen molar-refractivity contribution in [2.24, 2.45) is 5.92 Å². The van der Waals surface area contributed by atoms with Gasteiger partial charge in [0, 0.05) is 6.54 Å². The number of benzene rings is 1. The van der Waals surface area contributed by atoms with Gasteiger partial charge in [-0.05, 0) is 37.2 Å². The molecule has 1 aliphatic rings. The fourth-order valence-corrected chi connectivity index (χ4v) is 3.55. The van der Waals surface area contributed by atoms with Crippen molar-refractivity contribution >= 4 is 23.9 Å². The SMILES string of the molecule is COC(=O)CNC(=O)[C@H](CC(C)C)NC(=O)[C@H]1CCCCN1C(=O)OCc1ccccc1. The van der Waals surface area contributed by atoms with Gasteiger partial charge in [0.15, 0.2) is 0 Å². The molecule has 0 unspecified atom stereocenters. The Balaban J connectivity index is 2.01. The van der Waals surface area contributed by atoms with Crippen molar-refractivity contribution in [1.29, 1.82) is 0 Å². The van der Waals surface area contributed by atoms with E-state index in [9.17, 15) is 19.2 Å². The first kappa shape index (κ1) is 25.2. The molecule has 3 amide bonds. The molecule has 1 fully saturated rings. The Morgan fingerprint density at radius 3 is 2.50 bits per heavy atom. The molecule has 0 aromatic heterocycles. The van der Waals surface area contributed by atoms with Crippen LogP contribution in [0.1, 0.15) is 45.1 Å². The number of methoxy groups -OCH3 is 1. The zero-order valence-electron chi connectivity index (χ0n) is 19.0. The molecule has 1 aromatic rings. The summed E-state index contributed by atoms with van der Waals surface area (Å²) in [5.74, 6) is -1.32. The van der Waals surface area contributed by atoms with Crippen LogP contribution in [-0.4, -0.2) is 61.1 Å². The minimum Gasteiger partial charge on any atom is -0.468 e. The molecular weight excluding hydrogens is 414 g/mol. The fraction of sp³-hybridized carbons (Fsp3) is 0.565. The molecule has 1 heterocycles. The van der Waals surface area contributed by atoms with E-state index in [-0.39, 0.29) is 19.1 Å². The Morgan fingerprint density at radius 1 is 1.12 bits per heavy atom. The summed E-state index contributed by atoms with van der Waals surface area (Å²) in [6, 6.07) is 7.78. The molecule has 0 radical (unpaired) electrons. The van der Waals surface area contributed by atoms with Crippen molar-refractivity contribution in [3.63, 3.8) is 0 Å². The summed E-state index contributed by atoms with van der Waals surface area (Å²) >= 11 is 0. The first-order valence-electron chi connectivity index (χ1n) is 10.9. The van der Waals surface area contributed by atoms with Crippen molar-refractivity contribution in [2.45, 2.75) is 58.2 Å². The van der Waals surface area contributed by atoms with E-state index in [1.807, 2.05) is 44.2 Å². The number of hydrogen-bond donors (Lipinski definition) is 2. The Bertz CT molecular complexity index is 783. The second kappa shape index (κ2) is 12.7. The Kier molecular flexibility index (Phi) is 9.97. The van der Waals surface area contributed by atoms with Gasteiger partial charge in [0.1, 0.15) is 25.2 Å². The van der Waals surface area contributed by atoms with E-state index in [1.165, 1.54) is 12.0 Å². The fourth-order valence-electron chi connectivity index (χ4n) is 3.55. The zero-order valence-corrected chi connectivity index (χ0v) is 19.0. The molecule has 1 saturated heterocycles. The molecule has 32 heavy (non-hydrogen) atoms. The number of carbonyl (C=O) groups is 4. The highest BCUT2D eigenvalue weighted by Crippen LogP contribution is 2.19. The molecule has 1 aromatic carbocycles. The van der Waals surface area contributed by atoms with Gasteiger partial charge < -0.3 is 20.1 Å². The number of nitrogens with one attached hydrogen (secondary N) is 2. The second-order valence-electron chi connectivity index (χ2n) is 8.23. The summed E-state index contributed by atoms with van der Waals surface area (Å²) in [5.41, 5.74) is 0.859. The molecule has 9 heteroatoms. The predicted molar refractivity (Wildman–Crippen MR) is 117 cm³/mol. The maximum atomic E-state index is 13.0. The van der Waals surface area contributed by atoms with Crippen LogP contribution in [0.15, 0.2) is 30.3 Å². The molecule has 1 aliphatic heterocycles. The lowest BCUT2D eigenvalue weighted by Gasteiger charge is -2.34. The monoisotopic (exact) mass is 447 g/mol. The van der Waals surface area contributed by atoms with Crippen molar-refractivity contribution in [2.75, 3.05) is 20.2 Å². The summed E-state index contributed by atoms with van der Waals surface area (Å²) in [5, 5.41) is 5.25. The van der Waals surface area contributed by atoms with Crippen LogP contribution in [0, 0.1) is 5.92 Å². The van der Waals surface area contributed by atoms with E-state index < -0.39 is 36.0 Å². The Labute approximate surface area is 188 Å². The predicted octanol–water partition coefficient (Wildman–Crippen LogP) is 2.00. The topological polar surface area (TPSA) is 114 Å². The average molecular weight is 448 g/mol. The van der Waals surface area contributed by atoms with E-state index in [2.05, 4.69) is 15.4 Å². The number of piperidine rings is 1. The van der Waals surface area contributed by atoms with Gasteiger partial charge in [0.05, 0.1) is 7.11 Å². The summed E-state index contributed by atoms with van der Waals surface area (Å²) in [6.45, 7) is 4.12. The first-order valence-corrected chi connectivity index (χ1v) is 10.9. The largest absolute Gasteiger partial charge is 0.468 e. The molecule has 0 spiro atoms. The third kappa shape index (κ3) is 7.86. The van der Waals surface area contributed by atoms with Crippen LogP contribution in [0.3, 0.4) is 0 Å². The highest BCUT2D eigenvalue weighted by Gasteiger charge is 2.35. The van der Waals surface area contributed by atoms with Crippen LogP contribution >= 0.6 is 0 Å². The number of esters is 1. The van der Waals surface area contributed by atoms with Crippen LogP contribution < -0.4 is 10.6 Å². The normalized spacial score (nSPS) is 16.8. The number of hydrogen-bond acceptors (Lipinski definition) is 6. The zero-order chi connectivity index (χ0) is 23.5. The molecule has 0 bridgehead atoms. The van der Waals surface area contributed by atoms with Gasteiger partial charge >= 0.3 is 12.1 Å². The summed E-state index contributed by atoms with van der Waals surface area (Å²) in [4.78, 5) is 51.0. The van der Waals surface area contributed by atoms with Crippen LogP contribution in [-0.2, 0) is 30.5 Å². The summed E-state index contributed by atoms with van der Waals surface area (Å²) < 4.78 is 9.95. The number of likely N-dealkylation sites (tertiary alicyclic amines) is 1. The second-order valence-corrected chi connectivity index (χ2v) is 8.23. The number of amides is 3. The van der Waals surface area contributed by atoms with Gasteiger partial charge in [-0.3, -0.25) is 19.3 Å². The quantitative estimate of drug-likeness (QED) is 0.560.